The molecule has 0 bridgehead atoms. The Bertz CT molecular complexity index is 233. The minimum Gasteiger partial charge on any atom is -0.466 e. The number of aliphatic hydroxyl groups excluding tert-OH is 1. The fraction of sp³-hybridized carbons (Fsp3) is 0.929. The van der Waals surface area contributed by atoms with Crippen molar-refractivity contribution in [3.05, 3.63) is 0 Å². The maximum absolute atomic E-state index is 11.1. The summed E-state index contributed by atoms with van der Waals surface area (Å²) in [6.07, 6.45) is 7.17. The largest absolute Gasteiger partial charge is 0.466 e. The van der Waals surface area contributed by atoms with Crippen molar-refractivity contribution >= 4 is 5.97 Å². The first-order chi connectivity index (χ1) is 8.77. The summed E-state index contributed by atoms with van der Waals surface area (Å²) in [5.74, 6) is 0.367. The zero-order valence-electron chi connectivity index (χ0n) is 11.5. The Hall–Kier alpha value is -0.610. The van der Waals surface area contributed by atoms with Gasteiger partial charge in [0.2, 0.25) is 0 Å². The molecule has 0 radical (unpaired) electrons. The van der Waals surface area contributed by atoms with E-state index in [-0.39, 0.29) is 5.97 Å². The summed E-state index contributed by atoms with van der Waals surface area (Å²) in [7, 11) is 0. The maximum atomic E-state index is 11.1. The number of ether oxygens (including phenoxy) is 1. The number of hydrogen-bond donors (Lipinski definition) is 2. The molecule has 0 aliphatic heterocycles. The Balaban J connectivity index is 1.94. The molecule has 4 heteroatoms. The highest BCUT2D eigenvalue weighted by atomic mass is 16.5. The summed E-state index contributed by atoms with van der Waals surface area (Å²) < 4.78 is 4.88. The number of aliphatic hydroxyl groups is 1. The van der Waals surface area contributed by atoms with Crippen molar-refractivity contribution in [2.45, 2.75) is 57.9 Å². The minimum absolute atomic E-state index is 0.0819. The number of esters is 1. The predicted molar refractivity (Wildman–Crippen MR) is 71.3 cm³/mol. The standard InChI is InChI=1S/C14H27NO3/c1-2-18-14(17)9-4-3-5-10-15-13-8-6-7-12(13)11-16/h12-13,15-16H,2-11H2,1H3. The molecule has 1 saturated carbocycles. The molecular formula is C14H27NO3. The average molecular weight is 257 g/mol. The van der Waals surface area contributed by atoms with E-state index in [0.29, 0.717) is 31.6 Å². The van der Waals surface area contributed by atoms with E-state index in [1.54, 1.807) is 0 Å². The molecule has 1 aliphatic rings. The number of unbranched alkanes of at least 4 members (excludes halogenated alkanes) is 2. The molecule has 0 amide bonds. The quantitative estimate of drug-likeness (QED) is 0.489. The van der Waals surface area contributed by atoms with E-state index in [1.807, 2.05) is 6.92 Å². The highest BCUT2D eigenvalue weighted by Gasteiger charge is 2.25. The molecule has 0 saturated heterocycles. The van der Waals surface area contributed by atoms with E-state index in [9.17, 15) is 9.90 Å². The van der Waals surface area contributed by atoms with Gasteiger partial charge in [-0.25, -0.2) is 0 Å². The molecule has 1 fully saturated rings. The van der Waals surface area contributed by atoms with Crippen LogP contribution in [0.5, 0.6) is 0 Å². The Morgan fingerprint density at radius 2 is 2.17 bits per heavy atom. The van der Waals surface area contributed by atoms with Crippen LogP contribution in [-0.4, -0.2) is 36.9 Å². The van der Waals surface area contributed by atoms with Crippen LogP contribution in [0.2, 0.25) is 0 Å². The molecular weight excluding hydrogens is 230 g/mol. The van der Waals surface area contributed by atoms with E-state index in [0.717, 1.165) is 32.2 Å². The van der Waals surface area contributed by atoms with Gasteiger partial charge in [0.05, 0.1) is 6.61 Å². The normalized spacial score (nSPS) is 23.2. The van der Waals surface area contributed by atoms with Crippen LogP contribution in [0.25, 0.3) is 0 Å². The lowest BCUT2D eigenvalue weighted by molar-refractivity contribution is -0.143. The van der Waals surface area contributed by atoms with Gasteiger partial charge in [0, 0.05) is 19.1 Å². The maximum Gasteiger partial charge on any atom is 0.305 e. The first kappa shape index (κ1) is 15.4. The molecule has 0 aromatic carbocycles. The van der Waals surface area contributed by atoms with Crippen molar-refractivity contribution in [3.63, 3.8) is 0 Å². The van der Waals surface area contributed by atoms with Crippen molar-refractivity contribution in [1.29, 1.82) is 0 Å². The van der Waals surface area contributed by atoms with Crippen LogP contribution in [0.1, 0.15) is 51.9 Å². The second-order valence-electron chi connectivity index (χ2n) is 5.05. The van der Waals surface area contributed by atoms with E-state index < -0.39 is 0 Å². The van der Waals surface area contributed by atoms with Gasteiger partial charge in [0.25, 0.3) is 0 Å². The lowest BCUT2D eigenvalue weighted by Gasteiger charge is -2.18. The number of nitrogens with one attached hydrogen (secondary N) is 1. The Kier molecular flexibility index (Phi) is 8.01. The van der Waals surface area contributed by atoms with Crippen LogP contribution in [0, 0.1) is 5.92 Å². The fourth-order valence-corrected chi connectivity index (χ4v) is 2.62. The lowest BCUT2D eigenvalue weighted by Crippen LogP contribution is -2.34. The lowest BCUT2D eigenvalue weighted by atomic mass is 10.0. The van der Waals surface area contributed by atoms with Crippen molar-refractivity contribution < 1.29 is 14.6 Å². The first-order valence-electron chi connectivity index (χ1n) is 7.27. The summed E-state index contributed by atoms with van der Waals surface area (Å²) >= 11 is 0. The summed E-state index contributed by atoms with van der Waals surface area (Å²) in [4.78, 5) is 11.1. The van der Waals surface area contributed by atoms with Crippen LogP contribution in [0.4, 0.5) is 0 Å². The molecule has 4 nitrogen and oxygen atoms in total. The summed E-state index contributed by atoms with van der Waals surface area (Å²) in [5, 5.41) is 12.7. The predicted octanol–water partition coefficient (Wildman–Crippen LogP) is 1.86. The smallest absolute Gasteiger partial charge is 0.305 e. The van der Waals surface area contributed by atoms with Gasteiger partial charge in [-0.3, -0.25) is 4.79 Å². The molecule has 2 N–H and O–H groups in total. The van der Waals surface area contributed by atoms with Gasteiger partial charge in [-0.15, -0.1) is 0 Å². The summed E-state index contributed by atoms with van der Waals surface area (Å²) in [6, 6.07) is 0.500. The van der Waals surface area contributed by atoms with Crippen molar-refractivity contribution in [2.24, 2.45) is 5.92 Å². The van der Waals surface area contributed by atoms with Crippen LogP contribution in [0.15, 0.2) is 0 Å². The van der Waals surface area contributed by atoms with Crippen LogP contribution < -0.4 is 5.32 Å². The third-order valence-electron chi connectivity index (χ3n) is 3.66. The third-order valence-corrected chi connectivity index (χ3v) is 3.66. The van der Waals surface area contributed by atoms with Gasteiger partial charge in [0.1, 0.15) is 0 Å². The zero-order chi connectivity index (χ0) is 13.2. The van der Waals surface area contributed by atoms with E-state index in [1.165, 1.54) is 12.8 Å². The fourth-order valence-electron chi connectivity index (χ4n) is 2.62. The van der Waals surface area contributed by atoms with Crippen LogP contribution >= 0.6 is 0 Å². The highest BCUT2D eigenvalue weighted by molar-refractivity contribution is 5.69. The van der Waals surface area contributed by atoms with E-state index >= 15 is 0 Å². The highest BCUT2D eigenvalue weighted by Crippen LogP contribution is 2.24. The molecule has 2 atom stereocenters. The molecule has 2 unspecified atom stereocenters. The topological polar surface area (TPSA) is 58.6 Å². The molecule has 0 spiro atoms. The summed E-state index contributed by atoms with van der Waals surface area (Å²) in [5.41, 5.74) is 0. The molecule has 106 valence electrons. The average Bonchev–Trinajstić information content (AvgIpc) is 2.81. The van der Waals surface area contributed by atoms with E-state index in [4.69, 9.17) is 4.74 Å². The number of carbonyl (C=O) groups excluding carboxylic acids is 1. The van der Waals surface area contributed by atoms with Gasteiger partial charge >= 0.3 is 5.97 Å². The molecule has 1 aliphatic carbocycles. The Morgan fingerprint density at radius 3 is 2.89 bits per heavy atom. The monoisotopic (exact) mass is 257 g/mol. The Labute approximate surface area is 110 Å². The number of carbonyl (C=O) groups is 1. The second-order valence-corrected chi connectivity index (χ2v) is 5.05. The number of hydrogen-bond acceptors (Lipinski definition) is 4. The van der Waals surface area contributed by atoms with Crippen molar-refractivity contribution in [3.8, 4) is 0 Å². The SMILES string of the molecule is CCOC(=O)CCCCCNC1CCCC1CO. The van der Waals surface area contributed by atoms with Gasteiger partial charge in [-0.05, 0) is 45.1 Å². The molecule has 0 aromatic rings. The van der Waals surface area contributed by atoms with Crippen LogP contribution in [-0.2, 0) is 9.53 Å². The first-order valence-corrected chi connectivity index (χ1v) is 7.27. The molecule has 0 aromatic heterocycles. The molecule has 1 rings (SSSR count). The van der Waals surface area contributed by atoms with Gasteiger partial charge in [0.15, 0.2) is 0 Å². The number of rotatable bonds is 9. The van der Waals surface area contributed by atoms with Crippen molar-refractivity contribution in [1.82, 2.24) is 5.32 Å². The Morgan fingerprint density at radius 1 is 1.33 bits per heavy atom. The third kappa shape index (κ3) is 5.83. The molecule has 0 heterocycles. The second kappa shape index (κ2) is 9.34. The van der Waals surface area contributed by atoms with Gasteiger partial charge < -0.3 is 15.2 Å². The summed E-state index contributed by atoms with van der Waals surface area (Å²) in [6.45, 7) is 3.61. The van der Waals surface area contributed by atoms with E-state index in [2.05, 4.69) is 5.32 Å². The van der Waals surface area contributed by atoms with Gasteiger partial charge in [-0.1, -0.05) is 12.8 Å². The minimum atomic E-state index is -0.0819. The molecule has 18 heavy (non-hydrogen) atoms. The van der Waals surface area contributed by atoms with Gasteiger partial charge in [-0.2, -0.15) is 0 Å². The zero-order valence-corrected chi connectivity index (χ0v) is 11.5. The van der Waals surface area contributed by atoms with Crippen molar-refractivity contribution in [2.75, 3.05) is 19.8 Å². The van der Waals surface area contributed by atoms with Crippen LogP contribution in [0.3, 0.4) is 0 Å².